The second kappa shape index (κ2) is 11.8. The second-order valence-corrected chi connectivity index (χ2v) is 15.5. The van der Waals surface area contributed by atoms with Gasteiger partial charge in [-0.3, -0.25) is 0 Å². The van der Waals surface area contributed by atoms with Gasteiger partial charge in [0.2, 0.25) is 0 Å². The van der Waals surface area contributed by atoms with Crippen molar-refractivity contribution in [2.24, 2.45) is 7.05 Å². The molecule has 0 aliphatic heterocycles. The molecule has 1 aliphatic carbocycles. The Labute approximate surface area is 302 Å². The van der Waals surface area contributed by atoms with E-state index in [9.17, 15) is 0 Å². The first kappa shape index (κ1) is 31.0. The van der Waals surface area contributed by atoms with Crippen molar-refractivity contribution in [3.05, 3.63) is 148 Å². The second-order valence-electron chi connectivity index (χ2n) is 14.4. The molecule has 0 radical (unpaired) electrons. The maximum atomic E-state index is 6.73. The molecule has 5 aromatic carbocycles. The van der Waals surface area contributed by atoms with Crippen LogP contribution in [0, 0.1) is 3.80 Å². The van der Waals surface area contributed by atoms with Crippen LogP contribution in [0.4, 0.5) is 0 Å². The zero-order valence-electron chi connectivity index (χ0n) is 28.6. The molecule has 0 saturated carbocycles. The fourth-order valence-corrected chi connectivity index (χ4v) is 8.64. The Morgan fingerprint density at radius 1 is 0.700 bits per heavy atom. The van der Waals surface area contributed by atoms with E-state index in [4.69, 9.17) is 9.72 Å². The van der Waals surface area contributed by atoms with E-state index in [1.807, 2.05) is 6.20 Å². The van der Waals surface area contributed by atoms with Crippen molar-refractivity contribution in [3.8, 4) is 28.4 Å². The quantitative estimate of drug-likeness (QED) is 0.173. The van der Waals surface area contributed by atoms with Gasteiger partial charge in [0.05, 0.1) is 0 Å². The van der Waals surface area contributed by atoms with Crippen LogP contribution < -0.4 is 4.74 Å². The first-order valence-corrected chi connectivity index (χ1v) is 18.4. The van der Waals surface area contributed by atoms with Crippen molar-refractivity contribution in [1.29, 1.82) is 0 Å². The minimum atomic E-state index is -0.000939. The molecule has 0 amide bonds. The summed E-state index contributed by atoms with van der Waals surface area (Å²) in [6, 6.07) is 43.8. The molecule has 0 fully saturated rings. The van der Waals surface area contributed by atoms with E-state index in [1.165, 1.54) is 53.4 Å². The standard InChI is InChI=1S/C44H38N4O.Pt/c1-44(2,3)32-22-23-45-43(25-32)48-39-21-16-31(29-10-6-5-7-11-29)24-37(39)35-19-18-34(27-42(35)48)49-33-17-14-30-15-20-38(36(30)26-33)47-28-46(4)40-12-8-9-13-41(40)47;/h5-14,16-19,21-27,38H,15,20H2,1-4H3;. The fraction of sp³-hybridized carbons (Fsp3) is 0.182. The number of nitrogens with zero attached hydrogens (tertiary/aromatic N) is 4. The molecule has 9 rings (SSSR count). The summed E-state index contributed by atoms with van der Waals surface area (Å²) in [6.07, 6.45) is 4.07. The van der Waals surface area contributed by atoms with Crippen LogP contribution >= 0.6 is 0 Å². The number of ether oxygens (including phenoxy) is 1. The van der Waals surface area contributed by atoms with Gasteiger partial charge in [-0.1, -0.05) is 57.2 Å². The number of rotatable bonds is 5. The molecule has 6 heteroatoms. The van der Waals surface area contributed by atoms with E-state index in [0.717, 1.165) is 41.2 Å². The van der Waals surface area contributed by atoms with E-state index in [1.54, 1.807) is 0 Å². The van der Waals surface area contributed by atoms with Gasteiger partial charge in [-0.25, -0.2) is 4.98 Å². The normalized spacial score (nSPS) is 14.6. The molecule has 5 nitrogen and oxygen atoms in total. The summed E-state index contributed by atoms with van der Waals surface area (Å²) < 4.78 is 15.0. The molecule has 8 aromatic rings. The van der Waals surface area contributed by atoms with Gasteiger partial charge in [0.15, 0.2) is 0 Å². The summed E-state index contributed by atoms with van der Waals surface area (Å²) >= 11 is 2.47. The van der Waals surface area contributed by atoms with Crippen LogP contribution in [0.25, 0.3) is 49.8 Å². The number of aromatic nitrogens is 4. The van der Waals surface area contributed by atoms with Gasteiger partial charge in [0, 0.05) is 6.20 Å². The van der Waals surface area contributed by atoms with E-state index in [0.29, 0.717) is 0 Å². The zero-order chi connectivity index (χ0) is 34.1. The van der Waals surface area contributed by atoms with Crippen LogP contribution in [0.1, 0.15) is 49.9 Å². The fourth-order valence-electron chi connectivity index (χ4n) is 7.74. The molecule has 1 unspecified atom stereocenters. The Bertz CT molecular complexity index is 2660. The molecule has 50 heavy (non-hydrogen) atoms. The third kappa shape index (κ3) is 5.10. The van der Waals surface area contributed by atoms with Crippen LogP contribution in [-0.2, 0) is 38.2 Å². The summed E-state index contributed by atoms with van der Waals surface area (Å²) in [7, 11) is 2.16. The summed E-state index contributed by atoms with van der Waals surface area (Å²) in [5.74, 6) is 2.57. The third-order valence-electron chi connectivity index (χ3n) is 10.3. The van der Waals surface area contributed by atoms with Crippen molar-refractivity contribution in [1.82, 2.24) is 18.7 Å². The van der Waals surface area contributed by atoms with Crippen molar-refractivity contribution in [2.45, 2.75) is 45.1 Å². The SMILES string of the molecule is Cn1[c](=[Pt])n(C2CCc3ccc(Oc4ccc5c6cc(-c7ccccc7)ccc6n(-c6cc(C(C)(C)C)ccn6)c5c4)cc32)c2ccccc21. The average molecular weight is 834 g/mol. The molecule has 0 N–H and O–H groups in total. The summed E-state index contributed by atoms with van der Waals surface area (Å²) in [5.41, 5.74) is 11.1. The van der Waals surface area contributed by atoms with E-state index in [-0.39, 0.29) is 11.5 Å². The molecule has 0 bridgehead atoms. The Kier molecular flexibility index (Phi) is 7.33. The van der Waals surface area contributed by atoms with Crippen molar-refractivity contribution in [3.63, 3.8) is 0 Å². The first-order chi connectivity index (χ1) is 24.2. The molecular formula is C44H38N4OPt. The predicted octanol–water partition coefficient (Wildman–Crippen LogP) is 10.8. The number of aryl methyl sites for hydroxylation is 2. The predicted molar refractivity (Wildman–Crippen MR) is 200 cm³/mol. The summed E-state index contributed by atoms with van der Waals surface area (Å²) in [6.45, 7) is 6.74. The Hall–Kier alpha value is -4.99. The zero-order valence-corrected chi connectivity index (χ0v) is 30.9. The van der Waals surface area contributed by atoms with Crippen LogP contribution in [0.5, 0.6) is 11.5 Å². The van der Waals surface area contributed by atoms with Gasteiger partial charge in [-0.2, -0.15) is 0 Å². The number of para-hydroxylation sites is 2. The summed E-state index contributed by atoms with van der Waals surface area (Å²) in [5, 5.41) is 2.36. The maximum absolute atomic E-state index is 6.73. The Morgan fingerprint density at radius 2 is 1.46 bits per heavy atom. The van der Waals surface area contributed by atoms with Crippen LogP contribution in [0.15, 0.2) is 128 Å². The number of fused-ring (bicyclic) bond motifs is 5. The molecule has 0 saturated heterocycles. The molecule has 3 heterocycles. The summed E-state index contributed by atoms with van der Waals surface area (Å²) in [4.78, 5) is 4.91. The van der Waals surface area contributed by atoms with E-state index >= 15 is 0 Å². The number of hydrogen-bond acceptors (Lipinski definition) is 2. The van der Waals surface area contributed by atoms with Gasteiger partial charge in [-0.15, -0.1) is 0 Å². The van der Waals surface area contributed by atoms with Gasteiger partial charge in [0.25, 0.3) is 0 Å². The van der Waals surface area contributed by atoms with Gasteiger partial charge in [-0.05, 0) is 46.4 Å². The monoisotopic (exact) mass is 833 g/mol. The molecule has 250 valence electrons. The Balaban J connectivity index is 1.16. The molecule has 1 atom stereocenters. The third-order valence-corrected chi connectivity index (χ3v) is 11.6. The van der Waals surface area contributed by atoms with E-state index in [2.05, 4.69) is 182 Å². The Morgan fingerprint density at radius 3 is 2.28 bits per heavy atom. The molecule has 3 aromatic heterocycles. The number of benzene rings is 5. The first-order valence-electron chi connectivity index (χ1n) is 17.3. The van der Waals surface area contributed by atoms with Gasteiger partial charge in [0.1, 0.15) is 0 Å². The van der Waals surface area contributed by atoms with Gasteiger partial charge < -0.3 is 0 Å². The van der Waals surface area contributed by atoms with Crippen LogP contribution in [0.3, 0.4) is 0 Å². The number of pyridine rings is 1. The topological polar surface area (TPSA) is 36.9 Å². The van der Waals surface area contributed by atoms with Crippen LogP contribution in [-0.4, -0.2) is 18.7 Å². The molecular weight excluding hydrogens is 796 g/mol. The van der Waals surface area contributed by atoms with Crippen LogP contribution in [0.2, 0.25) is 0 Å². The van der Waals surface area contributed by atoms with E-state index < -0.39 is 0 Å². The minimum absolute atomic E-state index is 0.000939. The van der Waals surface area contributed by atoms with Crippen molar-refractivity contribution in [2.75, 3.05) is 0 Å². The van der Waals surface area contributed by atoms with Crippen molar-refractivity contribution < 1.29 is 24.1 Å². The molecule has 1 aliphatic rings. The number of hydrogen-bond donors (Lipinski definition) is 0. The van der Waals surface area contributed by atoms with Gasteiger partial charge >= 0.3 is 189 Å². The van der Waals surface area contributed by atoms with Crippen molar-refractivity contribution >= 4 is 32.8 Å². The molecule has 0 spiro atoms. The number of imidazole rings is 1. The average Bonchev–Trinajstić information content (AvgIpc) is 3.77.